The van der Waals surface area contributed by atoms with E-state index >= 15 is 0 Å². The van der Waals surface area contributed by atoms with Crippen LogP contribution in [-0.2, 0) is 11.3 Å². The molecule has 5 aromatic rings. The number of aromatic nitrogens is 2. The van der Waals surface area contributed by atoms with Crippen molar-refractivity contribution >= 4 is 38.8 Å². The van der Waals surface area contributed by atoms with Crippen LogP contribution in [0.25, 0.3) is 21.9 Å². The lowest BCUT2D eigenvalue weighted by Crippen LogP contribution is -2.19. The molecule has 2 aromatic heterocycles. The minimum Gasteiger partial charge on any atom is -0.395 e. The predicted molar refractivity (Wildman–Crippen MR) is 166 cm³/mol. The minimum atomic E-state index is -0.244. The number of aryl methyl sites for hydroxylation is 2. The molecular weight excluding hydrogens is 512 g/mol. The minimum absolute atomic E-state index is 0.0531. The maximum absolute atomic E-state index is 13.8. The van der Waals surface area contributed by atoms with Gasteiger partial charge in [0.05, 0.1) is 23.3 Å². The fourth-order valence-corrected chi connectivity index (χ4v) is 7.66. The van der Waals surface area contributed by atoms with E-state index in [1.807, 2.05) is 30.3 Å². The van der Waals surface area contributed by atoms with E-state index in [0.717, 1.165) is 41.9 Å². The van der Waals surface area contributed by atoms with Crippen molar-refractivity contribution in [1.29, 1.82) is 0 Å². The molecule has 0 spiro atoms. The molecule has 1 fully saturated rings. The maximum Gasteiger partial charge on any atom is 0.197 e. The van der Waals surface area contributed by atoms with E-state index in [1.165, 1.54) is 52.0 Å². The van der Waals surface area contributed by atoms with Crippen LogP contribution in [0, 0.1) is 19.8 Å². The van der Waals surface area contributed by atoms with Gasteiger partial charge in [-0.1, -0.05) is 97.4 Å². The van der Waals surface area contributed by atoms with Gasteiger partial charge in [0.1, 0.15) is 5.65 Å². The number of aliphatic hydroxyl groups excluding tert-OH is 1. The number of thioether (sulfide) groups is 1. The van der Waals surface area contributed by atoms with Crippen molar-refractivity contribution in [2.75, 3.05) is 6.61 Å². The molecule has 2 heterocycles. The highest BCUT2D eigenvalue weighted by Gasteiger charge is 2.33. The first-order chi connectivity index (χ1) is 19.5. The number of carbonyl (C=O) groups is 1. The van der Waals surface area contributed by atoms with Gasteiger partial charge in [0.15, 0.2) is 5.12 Å². The Balaban J connectivity index is 1.30. The van der Waals surface area contributed by atoms with Gasteiger partial charge in [-0.3, -0.25) is 4.79 Å². The first-order valence-corrected chi connectivity index (χ1v) is 15.2. The fraction of sp³-hybridized carbons (Fsp3) is 0.314. The summed E-state index contributed by atoms with van der Waals surface area (Å²) in [6, 6.07) is 29.3. The number of hydrogen-bond acceptors (Lipinski definition) is 4. The van der Waals surface area contributed by atoms with Gasteiger partial charge in [-0.15, -0.1) is 0 Å². The number of hydrogen-bond donors (Lipinski definition) is 1. The van der Waals surface area contributed by atoms with Gasteiger partial charge in [0.2, 0.25) is 0 Å². The lowest BCUT2D eigenvalue weighted by Gasteiger charge is -2.24. The lowest BCUT2D eigenvalue weighted by molar-refractivity contribution is -0.113. The van der Waals surface area contributed by atoms with Crippen LogP contribution >= 0.6 is 11.8 Å². The van der Waals surface area contributed by atoms with Crippen LogP contribution in [-0.4, -0.2) is 26.4 Å². The first kappa shape index (κ1) is 26.8. The van der Waals surface area contributed by atoms with E-state index in [-0.39, 0.29) is 22.9 Å². The third-order valence-corrected chi connectivity index (χ3v) is 9.64. The third kappa shape index (κ3) is 5.21. The van der Waals surface area contributed by atoms with Crippen LogP contribution in [0.2, 0.25) is 0 Å². The van der Waals surface area contributed by atoms with Gasteiger partial charge in [0.25, 0.3) is 0 Å². The quantitative estimate of drug-likeness (QED) is 0.213. The molecule has 1 aliphatic carbocycles. The van der Waals surface area contributed by atoms with Crippen LogP contribution in [0.4, 0.5) is 0 Å². The molecule has 6 rings (SSSR count). The molecule has 2 unspecified atom stereocenters. The highest BCUT2D eigenvalue weighted by Crippen LogP contribution is 2.43. The molecule has 1 saturated carbocycles. The van der Waals surface area contributed by atoms with Crippen molar-refractivity contribution in [3.05, 3.63) is 113 Å². The zero-order chi connectivity index (χ0) is 27.6. The van der Waals surface area contributed by atoms with Crippen molar-refractivity contribution in [2.45, 2.75) is 57.2 Å². The summed E-state index contributed by atoms with van der Waals surface area (Å²) in [5.74, 6) is 0.202. The van der Waals surface area contributed by atoms with Crippen molar-refractivity contribution in [3.8, 4) is 0 Å². The smallest absolute Gasteiger partial charge is 0.197 e. The Kier molecular flexibility index (Phi) is 7.77. The van der Waals surface area contributed by atoms with Crippen LogP contribution in [0.15, 0.2) is 84.9 Å². The summed E-state index contributed by atoms with van der Waals surface area (Å²) < 4.78 is 2.32. The molecule has 0 aliphatic heterocycles. The van der Waals surface area contributed by atoms with Gasteiger partial charge in [0, 0.05) is 23.0 Å². The standard InChI is InChI=1S/C35H36N2O2S/c1-23-20-24(2)36-34-32(23)29-14-8-9-15-30(29)37(34)21-25-16-18-28(19-17-25)33(27-12-6-7-13-27)35(39)40-31(22-38)26-10-4-3-5-11-26/h3-5,8-11,14-20,27,31,33,38H,6-7,12-13,21-22H2,1-2H3. The average Bonchev–Trinajstić information content (AvgIpc) is 3.60. The number of pyridine rings is 1. The van der Waals surface area contributed by atoms with E-state index in [1.54, 1.807) is 0 Å². The normalized spacial score (nSPS) is 15.6. The van der Waals surface area contributed by atoms with E-state index in [0.29, 0.717) is 5.92 Å². The van der Waals surface area contributed by atoms with Gasteiger partial charge in [-0.2, -0.15) is 0 Å². The molecule has 4 nitrogen and oxygen atoms in total. The molecule has 2 atom stereocenters. The number of nitrogens with zero attached hydrogens (tertiary/aromatic N) is 2. The monoisotopic (exact) mass is 548 g/mol. The SMILES string of the molecule is Cc1cc(C)c2c3ccccc3n(Cc3ccc(C(C(=O)SC(CO)c4ccccc4)C4CCCC4)cc3)c2n1. The third-order valence-electron chi connectivity index (χ3n) is 8.45. The Morgan fingerprint density at radius 3 is 2.38 bits per heavy atom. The Hall–Kier alpha value is -3.41. The zero-order valence-corrected chi connectivity index (χ0v) is 24.0. The summed E-state index contributed by atoms with van der Waals surface area (Å²) in [5.41, 5.74) is 7.76. The Bertz CT molecular complexity index is 1640. The van der Waals surface area contributed by atoms with E-state index in [4.69, 9.17) is 4.98 Å². The van der Waals surface area contributed by atoms with Crippen molar-refractivity contribution in [3.63, 3.8) is 0 Å². The maximum atomic E-state index is 13.8. The topological polar surface area (TPSA) is 55.1 Å². The van der Waals surface area contributed by atoms with Crippen LogP contribution in [0.1, 0.15) is 64.8 Å². The van der Waals surface area contributed by atoms with E-state index < -0.39 is 0 Å². The molecule has 204 valence electrons. The second kappa shape index (κ2) is 11.6. The van der Waals surface area contributed by atoms with Crippen LogP contribution in [0.5, 0.6) is 0 Å². The second-order valence-electron chi connectivity index (χ2n) is 11.2. The van der Waals surface area contributed by atoms with Gasteiger partial charge in [-0.05, 0) is 67.0 Å². The predicted octanol–water partition coefficient (Wildman–Crippen LogP) is 8.12. The fourth-order valence-electron chi connectivity index (χ4n) is 6.54. The van der Waals surface area contributed by atoms with Crippen LogP contribution < -0.4 is 0 Å². The van der Waals surface area contributed by atoms with E-state index in [9.17, 15) is 9.90 Å². The Morgan fingerprint density at radius 1 is 0.950 bits per heavy atom. The average molecular weight is 549 g/mol. The van der Waals surface area contributed by atoms with Crippen molar-refractivity contribution < 1.29 is 9.90 Å². The molecule has 0 bridgehead atoms. The molecule has 1 N–H and O–H groups in total. The van der Waals surface area contributed by atoms with Gasteiger partial charge in [-0.25, -0.2) is 4.98 Å². The Labute approximate surface area is 240 Å². The summed E-state index contributed by atoms with van der Waals surface area (Å²) in [5, 5.41) is 12.5. The molecule has 5 heteroatoms. The summed E-state index contributed by atoms with van der Waals surface area (Å²) in [6.45, 7) is 4.89. The second-order valence-corrected chi connectivity index (χ2v) is 12.4. The number of fused-ring (bicyclic) bond motifs is 3. The zero-order valence-electron chi connectivity index (χ0n) is 23.2. The summed E-state index contributed by atoms with van der Waals surface area (Å²) >= 11 is 1.30. The molecule has 3 aromatic carbocycles. The van der Waals surface area contributed by atoms with Crippen molar-refractivity contribution in [1.82, 2.24) is 9.55 Å². The summed E-state index contributed by atoms with van der Waals surface area (Å²) in [6.07, 6.45) is 4.52. The number of para-hydroxylation sites is 1. The summed E-state index contributed by atoms with van der Waals surface area (Å²) in [7, 11) is 0. The van der Waals surface area contributed by atoms with E-state index in [2.05, 4.69) is 73.0 Å². The largest absolute Gasteiger partial charge is 0.395 e. The first-order valence-electron chi connectivity index (χ1n) is 14.3. The molecule has 0 amide bonds. The highest BCUT2D eigenvalue weighted by molar-refractivity contribution is 8.13. The molecule has 0 saturated heterocycles. The number of rotatable bonds is 8. The molecule has 0 radical (unpaired) electrons. The number of benzene rings is 3. The molecular formula is C35H36N2O2S. The molecule has 1 aliphatic rings. The van der Waals surface area contributed by atoms with Crippen molar-refractivity contribution in [2.24, 2.45) is 5.92 Å². The highest BCUT2D eigenvalue weighted by atomic mass is 32.2. The Morgan fingerprint density at radius 2 is 1.65 bits per heavy atom. The summed E-state index contributed by atoms with van der Waals surface area (Å²) in [4.78, 5) is 18.8. The van der Waals surface area contributed by atoms with Crippen LogP contribution in [0.3, 0.4) is 0 Å². The number of carbonyl (C=O) groups excluding carboxylic acids is 1. The van der Waals surface area contributed by atoms with Gasteiger partial charge >= 0.3 is 0 Å². The van der Waals surface area contributed by atoms with Gasteiger partial charge < -0.3 is 9.67 Å². The number of aliphatic hydroxyl groups is 1. The lowest BCUT2D eigenvalue weighted by atomic mass is 9.85. The molecule has 40 heavy (non-hydrogen) atoms.